The third kappa shape index (κ3) is 4.99. The first-order valence-electron chi connectivity index (χ1n) is 6.08. The number of aliphatic hydroxyl groups excluding tert-OH is 1. The molecule has 0 aliphatic carbocycles. The Labute approximate surface area is 103 Å². The van der Waals surface area contributed by atoms with Crippen molar-refractivity contribution in [2.75, 3.05) is 30.4 Å². The van der Waals surface area contributed by atoms with Crippen LogP contribution >= 0.6 is 0 Å². The van der Waals surface area contributed by atoms with E-state index in [1.807, 2.05) is 11.9 Å². The van der Waals surface area contributed by atoms with Crippen molar-refractivity contribution in [1.29, 1.82) is 0 Å². The molecule has 0 aliphatic rings. The lowest BCUT2D eigenvalue weighted by molar-refractivity contribution is 0.187. The summed E-state index contributed by atoms with van der Waals surface area (Å²) in [5.41, 5.74) is 0. The quantitative estimate of drug-likeness (QED) is 0.754. The van der Waals surface area contributed by atoms with Gasteiger partial charge in [-0.3, -0.25) is 4.98 Å². The number of nitrogens with zero attached hydrogens (tertiary/aromatic N) is 3. The summed E-state index contributed by atoms with van der Waals surface area (Å²) in [5, 5.41) is 12.4. The zero-order valence-corrected chi connectivity index (χ0v) is 10.8. The van der Waals surface area contributed by atoms with E-state index in [4.69, 9.17) is 0 Å². The van der Waals surface area contributed by atoms with Gasteiger partial charge in [-0.2, -0.15) is 0 Å². The minimum absolute atomic E-state index is 0.285. The van der Waals surface area contributed by atoms with E-state index in [-0.39, 0.29) is 6.10 Å². The predicted molar refractivity (Wildman–Crippen MR) is 70.4 cm³/mol. The maximum atomic E-state index is 9.24. The first-order chi connectivity index (χ1) is 8.13. The zero-order chi connectivity index (χ0) is 12.7. The lowest BCUT2D eigenvalue weighted by Gasteiger charge is -2.19. The summed E-state index contributed by atoms with van der Waals surface area (Å²) in [6, 6.07) is 0. The minimum Gasteiger partial charge on any atom is -0.393 e. The van der Waals surface area contributed by atoms with Gasteiger partial charge < -0.3 is 15.3 Å². The maximum Gasteiger partial charge on any atom is 0.149 e. The van der Waals surface area contributed by atoms with Crippen molar-refractivity contribution in [3.63, 3.8) is 0 Å². The van der Waals surface area contributed by atoms with Crippen LogP contribution < -0.4 is 10.2 Å². The lowest BCUT2D eigenvalue weighted by atomic mass is 10.3. The summed E-state index contributed by atoms with van der Waals surface area (Å²) in [5.74, 6) is 1.63. The van der Waals surface area contributed by atoms with Crippen molar-refractivity contribution in [3.8, 4) is 0 Å². The smallest absolute Gasteiger partial charge is 0.149 e. The average molecular weight is 238 g/mol. The molecule has 1 aromatic rings. The summed E-state index contributed by atoms with van der Waals surface area (Å²) < 4.78 is 0. The van der Waals surface area contributed by atoms with Crippen molar-refractivity contribution < 1.29 is 5.11 Å². The van der Waals surface area contributed by atoms with Crippen LogP contribution in [-0.2, 0) is 0 Å². The molecule has 0 fully saturated rings. The highest BCUT2D eigenvalue weighted by molar-refractivity contribution is 5.43. The number of aromatic nitrogens is 2. The molecule has 5 heteroatoms. The van der Waals surface area contributed by atoms with Gasteiger partial charge in [0.2, 0.25) is 0 Å². The number of rotatable bonds is 7. The van der Waals surface area contributed by atoms with Gasteiger partial charge in [0, 0.05) is 20.1 Å². The van der Waals surface area contributed by atoms with Crippen LogP contribution in [0, 0.1) is 0 Å². The van der Waals surface area contributed by atoms with E-state index < -0.39 is 0 Å². The molecule has 0 aromatic carbocycles. The van der Waals surface area contributed by atoms with Gasteiger partial charge in [0.25, 0.3) is 0 Å². The van der Waals surface area contributed by atoms with Crippen LogP contribution in [0.1, 0.15) is 26.7 Å². The minimum atomic E-state index is -0.285. The monoisotopic (exact) mass is 238 g/mol. The normalized spacial score (nSPS) is 12.2. The molecule has 2 N–H and O–H groups in total. The number of nitrogens with one attached hydrogen (secondary N) is 1. The second kappa shape index (κ2) is 7.06. The molecule has 1 aromatic heterocycles. The molecule has 0 amide bonds. The number of hydrogen-bond donors (Lipinski definition) is 2. The van der Waals surface area contributed by atoms with Gasteiger partial charge in [0.15, 0.2) is 0 Å². The Kier molecular flexibility index (Phi) is 5.69. The first-order valence-corrected chi connectivity index (χ1v) is 6.08. The molecule has 0 radical (unpaired) electrons. The van der Waals surface area contributed by atoms with E-state index >= 15 is 0 Å². The van der Waals surface area contributed by atoms with E-state index in [0.29, 0.717) is 0 Å². The van der Waals surface area contributed by atoms with E-state index in [0.717, 1.165) is 37.6 Å². The Bertz CT molecular complexity index is 330. The van der Waals surface area contributed by atoms with Crippen molar-refractivity contribution in [1.82, 2.24) is 9.97 Å². The molecule has 0 bridgehead atoms. The van der Waals surface area contributed by atoms with Crippen LogP contribution in [-0.4, -0.2) is 41.3 Å². The predicted octanol–water partition coefficient (Wildman–Crippen LogP) is 1.51. The molecule has 1 atom stereocenters. The van der Waals surface area contributed by atoms with Gasteiger partial charge in [0.1, 0.15) is 11.6 Å². The van der Waals surface area contributed by atoms with Gasteiger partial charge in [-0.15, -0.1) is 0 Å². The first kappa shape index (κ1) is 13.7. The molecule has 1 rings (SSSR count). The lowest BCUT2D eigenvalue weighted by Crippen LogP contribution is -2.23. The van der Waals surface area contributed by atoms with Crippen LogP contribution in [0.25, 0.3) is 0 Å². The Morgan fingerprint density at radius 1 is 1.47 bits per heavy atom. The Hall–Kier alpha value is -1.36. The van der Waals surface area contributed by atoms with Gasteiger partial charge in [-0.25, -0.2) is 4.98 Å². The third-order valence-electron chi connectivity index (χ3n) is 2.45. The zero-order valence-electron chi connectivity index (χ0n) is 10.8. The second-order valence-electron chi connectivity index (χ2n) is 4.25. The number of anilines is 2. The van der Waals surface area contributed by atoms with Crippen LogP contribution in [0.4, 0.5) is 11.6 Å². The second-order valence-corrected chi connectivity index (χ2v) is 4.25. The fraction of sp³-hybridized carbons (Fsp3) is 0.667. The van der Waals surface area contributed by atoms with Crippen LogP contribution in [0.2, 0.25) is 0 Å². The van der Waals surface area contributed by atoms with E-state index in [1.54, 1.807) is 19.3 Å². The van der Waals surface area contributed by atoms with Gasteiger partial charge >= 0.3 is 0 Å². The largest absolute Gasteiger partial charge is 0.393 e. The Morgan fingerprint density at radius 2 is 2.24 bits per heavy atom. The maximum absolute atomic E-state index is 9.24. The van der Waals surface area contributed by atoms with Crippen LogP contribution in [0.3, 0.4) is 0 Å². The fourth-order valence-corrected chi connectivity index (χ4v) is 1.37. The Balaban J connectivity index is 2.57. The average Bonchev–Trinajstić information content (AvgIpc) is 2.33. The topological polar surface area (TPSA) is 61.3 Å². The van der Waals surface area contributed by atoms with E-state index in [9.17, 15) is 5.11 Å². The van der Waals surface area contributed by atoms with Crippen molar-refractivity contribution in [2.24, 2.45) is 0 Å². The third-order valence-corrected chi connectivity index (χ3v) is 2.45. The van der Waals surface area contributed by atoms with Gasteiger partial charge in [-0.05, 0) is 19.8 Å². The van der Waals surface area contributed by atoms with Crippen molar-refractivity contribution in [2.45, 2.75) is 32.8 Å². The molecule has 96 valence electrons. The van der Waals surface area contributed by atoms with Crippen LogP contribution in [0.15, 0.2) is 12.4 Å². The van der Waals surface area contributed by atoms with E-state index in [1.165, 1.54) is 0 Å². The molecular formula is C12H22N4O. The molecule has 17 heavy (non-hydrogen) atoms. The number of aliphatic hydroxyl groups is 1. The standard InChI is InChI=1S/C12H22N4O/c1-4-6-14-11-8-13-9-12(15-11)16(3)7-5-10(2)17/h8-10,17H,4-7H2,1-3H3,(H,14,15). The molecule has 0 saturated heterocycles. The highest BCUT2D eigenvalue weighted by Gasteiger charge is 2.05. The summed E-state index contributed by atoms with van der Waals surface area (Å²) in [4.78, 5) is 10.6. The van der Waals surface area contributed by atoms with Crippen molar-refractivity contribution in [3.05, 3.63) is 12.4 Å². The molecule has 0 aliphatic heterocycles. The van der Waals surface area contributed by atoms with Crippen LogP contribution in [0.5, 0.6) is 0 Å². The highest BCUT2D eigenvalue weighted by atomic mass is 16.3. The fourth-order valence-electron chi connectivity index (χ4n) is 1.37. The van der Waals surface area contributed by atoms with Gasteiger partial charge in [0.05, 0.1) is 18.5 Å². The van der Waals surface area contributed by atoms with E-state index in [2.05, 4.69) is 22.2 Å². The molecule has 1 unspecified atom stereocenters. The summed E-state index contributed by atoms with van der Waals surface area (Å²) in [6.45, 7) is 5.57. The molecule has 0 saturated carbocycles. The SMILES string of the molecule is CCCNc1cncc(N(C)CCC(C)O)n1. The van der Waals surface area contributed by atoms with Gasteiger partial charge in [-0.1, -0.05) is 6.92 Å². The summed E-state index contributed by atoms with van der Waals surface area (Å²) in [6.07, 6.45) is 4.96. The Morgan fingerprint density at radius 3 is 2.88 bits per heavy atom. The molecule has 0 spiro atoms. The summed E-state index contributed by atoms with van der Waals surface area (Å²) >= 11 is 0. The summed E-state index contributed by atoms with van der Waals surface area (Å²) in [7, 11) is 1.95. The number of hydrogen-bond acceptors (Lipinski definition) is 5. The molecular weight excluding hydrogens is 216 g/mol. The van der Waals surface area contributed by atoms with Crippen molar-refractivity contribution >= 4 is 11.6 Å². The molecule has 1 heterocycles. The highest BCUT2D eigenvalue weighted by Crippen LogP contribution is 2.11. The molecule has 5 nitrogen and oxygen atoms in total.